The first-order chi connectivity index (χ1) is 9.24. The Bertz CT molecular complexity index is 738. The fourth-order valence-corrected chi connectivity index (χ4v) is 2.10. The molecule has 3 aromatic rings. The van der Waals surface area contributed by atoms with Crippen molar-refractivity contribution in [1.29, 1.82) is 0 Å². The summed E-state index contributed by atoms with van der Waals surface area (Å²) in [5.41, 5.74) is 2.38. The molecule has 5 heteroatoms. The van der Waals surface area contributed by atoms with Crippen molar-refractivity contribution in [2.24, 2.45) is 0 Å². The normalized spacial score (nSPS) is 10.5. The van der Waals surface area contributed by atoms with E-state index in [1.54, 1.807) is 24.4 Å². The van der Waals surface area contributed by atoms with Crippen LogP contribution in [0.3, 0.4) is 0 Å². The van der Waals surface area contributed by atoms with E-state index in [0.29, 0.717) is 6.54 Å². The number of hydrogen-bond donors (Lipinski definition) is 1. The van der Waals surface area contributed by atoms with Gasteiger partial charge in [0, 0.05) is 0 Å². The van der Waals surface area contributed by atoms with Crippen LogP contribution in [0.25, 0.3) is 10.9 Å². The van der Waals surface area contributed by atoms with Crippen molar-refractivity contribution >= 4 is 23.8 Å². The van der Waals surface area contributed by atoms with Crippen molar-refractivity contribution in [3.8, 4) is 0 Å². The molecule has 0 fully saturated rings. The quantitative estimate of drug-likeness (QED) is 0.774. The number of aromatic nitrogens is 2. The van der Waals surface area contributed by atoms with E-state index in [1.807, 2.05) is 35.6 Å². The van der Waals surface area contributed by atoms with Crippen LogP contribution in [-0.4, -0.2) is 27.8 Å². The molecule has 19 heavy (non-hydrogen) atoms. The molecule has 0 saturated carbocycles. The fourth-order valence-electron chi connectivity index (χ4n) is 2.10. The second-order valence-corrected chi connectivity index (χ2v) is 4.37. The SMILES string of the molecule is O=C(O)c1ccc2c(cnn2Cc2ccbcc2)c1. The summed E-state index contributed by atoms with van der Waals surface area (Å²) >= 11 is 0. The van der Waals surface area contributed by atoms with E-state index in [0.717, 1.165) is 16.5 Å². The van der Waals surface area contributed by atoms with E-state index in [1.165, 1.54) is 0 Å². The minimum atomic E-state index is -0.919. The summed E-state index contributed by atoms with van der Waals surface area (Å²) in [6, 6.07) is 9.13. The van der Waals surface area contributed by atoms with Gasteiger partial charge in [-0.1, -0.05) is 0 Å². The monoisotopic (exact) mass is 250 g/mol. The van der Waals surface area contributed by atoms with Gasteiger partial charge in [0.05, 0.1) is 0 Å². The Labute approximate surface area is 110 Å². The van der Waals surface area contributed by atoms with E-state index in [-0.39, 0.29) is 5.56 Å². The summed E-state index contributed by atoms with van der Waals surface area (Å²) in [7, 11) is 0. The Morgan fingerprint density at radius 2 is 2.05 bits per heavy atom. The number of carbonyl (C=O) groups is 1. The van der Waals surface area contributed by atoms with Crippen LogP contribution in [0.15, 0.2) is 48.5 Å². The number of fused-ring (bicyclic) bond motifs is 1. The second-order valence-electron chi connectivity index (χ2n) is 4.37. The standard InChI is InChI=1S/C14H11BN2O2/c18-14(19)11-1-2-13-12(7-11)8-16-17(13)9-10-3-5-15-6-4-10/h1-8H,9H2,(H,18,19). The summed E-state index contributed by atoms with van der Waals surface area (Å²) in [6.07, 6.45) is 1.70. The molecule has 0 bridgehead atoms. The van der Waals surface area contributed by atoms with Gasteiger partial charge in [0.25, 0.3) is 0 Å². The second kappa shape index (κ2) is 4.68. The van der Waals surface area contributed by atoms with Gasteiger partial charge in [0.2, 0.25) is 0 Å². The van der Waals surface area contributed by atoms with Crippen molar-refractivity contribution in [2.75, 3.05) is 0 Å². The predicted octanol–water partition coefficient (Wildman–Crippen LogP) is 2.12. The van der Waals surface area contributed by atoms with Gasteiger partial charge in [-0.05, 0) is 0 Å². The summed E-state index contributed by atoms with van der Waals surface area (Å²) in [6.45, 7) is 2.65. The average molecular weight is 250 g/mol. The third-order valence-corrected chi connectivity index (χ3v) is 3.06. The van der Waals surface area contributed by atoms with Gasteiger partial charge in [-0.25, -0.2) is 0 Å². The van der Waals surface area contributed by atoms with Gasteiger partial charge in [-0.2, -0.15) is 0 Å². The molecule has 0 unspecified atom stereocenters. The third kappa shape index (κ3) is 2.27. The molecular formula is C14H11BN2O2. The molecular weight excluding hydrogens is 239 g/mol. The Hall–Kier alpha value is -2.43. The Kier molecular flexibility index (Phi) is 2.87. The summed E-state index contributed by atoms with van der Waals surface area (Å²) in [5.74, 6) is 3.06. The van der Waals surface area contributed by atoms with Gasteiger partial charge in [-0.15, -0.1) is 0 Å². The maximum absolute atomic E-state index is 10.9. The number of nitrogens with zero attached hydrogens (tertiary/aromatic N) is 2. The van der Waals surface area contributed by atoms with Crippen LogP contribution in [-0.2, 0) is 6.54 Å². The molecule has 0 atom stereocenters. The number of carboxylic acid groups (broad SMARTS) is 1. The van der Waals surface area contributed by atoms with Crippen molar-refractivity contribution in [2.45, 2.75) is 6.54 Å². The van der Waals surface area contributed by atoms with E-state index < -0.39 is 5.97 Å². The third-order valence-electron chi connectivity index (χ3n) is 3.06. The number of hydrogen-bond acceptors (Lipinski definition) is 2. The molecule has 0 spiro atoms. The van der Waals surface area contributed by atoms with Gasteiger partial charge >= 0.3 is 110 Å². The van der Waals surface area contributed by atoms with Gasteiger partial charge in [0.15, 0.2) is 0 Å². The first-order valence-corrected chi connectivity index (χ1v) is 5.97. The van der Waals surface area contributed by atoms with Crippen LogP contribution in [0, 0.1) is 0 Å². The molecule has 4 nitrogen and oxygen atoms in total. The topological polar surface area (TPSA) is 55.1 Å². The van der Waals surface area contributed by atoms with Crippen molar-refractivity contribution in [3.05, 3.63) is 59.6 Å². The molecule has 2 aromatic heterocycles. The first kappa shape index (κ1) is 11.7. The Balaban J connectivity index is 1.99. The van der Waals surface area contributed by atoms with Gasteiger partial charge < -0.3 is 0 Å². The predicted molar refractivity (Wildman–Crippen MR) is 73.6 cm³/mol. The van der Waals surface area contributed by atoms with Gasteiger partial charge in [-0.3, -0.25) is 0 Å². The molecule has 0 saturated heterocycles. The Morgan fingerprint density at radius 1 is 1.26 bits per heavy atom. The summed E-state index contributed by atoms with van der Waals surface area (Å²) in [5, 5.41) is 14.1. The van der Waals surface area contributed by atoms with Crippen molar-refractivity contribution < 1.29 is 9.90 Å². The first-order valence-electron chi connectivity index (χ1n) is 5.97. The zero-order chi connectivity index (χ0) is 13.2. The molecule has 92 valence electrons. The Morgan fingerprint density at radius 3 is 2.79 bits per heavy atom. The summed E-state index contributed by atoms with van der Waals surface area (Å²) < 4.78 is 1.87. The minimum absolute atomic E-state index is 0.284. The number of aromatic carboxylic acids is 1. The van der Waals surface area contributed by atoms with E-state index in [2.05, 4.69) is 5.10 Å². The fraction of sp³-hybridized carbons (Fsp3) is 0.0714. The number of rotatable bonds is 3. The number of benzene rings is 1. The van der Waals surface area contributed by atoms with E-state index >= 15 is 0 Å². The van der Waals surface area contributed by atoms with E-state index in [4.69, 9.17) is 5.11 Å². The maximum atomic E-state index is 10.9. The van der Waals surface area contributed by atoms with Crippen LogP contribution in [0.2, 0.25) is 0 Å². The average Bonchev–Trinajstić information content (AvgIpc) is 2.82. The molecule has 3 rings (SSSR count). The molecule has 0 radical (unpaired) electrons. The molecule has 2 heterocycles. The van der Waals surface area contributed by atoms with Crippen LogP contribution in [0.5, 0.6) is 0 Å². The number of carboxylic acids is 1. The van der Waals surface area contributed by atoms with Crippen LogP contribution >= 0.6 is 0 Å². The van der Waals surface area contributed by atoms with Crippen molar-refractivity contribution in [1.82, 2.24) is 9.78 Å². The zero-order valence-electron chi connectivity index (χ0n) is 10.2. The van der Waals surface area contributed by atoms with Crippen molar-refractivity contribution in [3.63, 3.8) is 0 Å². The van der Waals surface area contributed by atoms with Crippen LogP contribution in [0.4, 0.5) is 0 Å². The van der Waals surface area contributed by atoms with Crippen LogP contribution in [0.1, 0.15) is 15.9 Å². The molecule has 0 aliphatic heterocycles. The zero-order valence-corrected chi connectivity index (χ0v) is 10.2. The summed E-state index contributed by atoms with van der Waals surface area (Å²) in [4.78, 5) is 10.9. The van der Waals surface area contributed by atoms with E-state index in [9.17, 15) is 4.79 Å². The molecule has 1 N–H and O–H groups in total. The molecule has 0 amide bonds. The molecule has 0 aliphatic rings. The van der Waals surface area contributed by atoms with Gasteiger partial charge in [0.1, 0.15) is 0 Å². The molecule has 0 aliphatic carbocycles. The molecule has 1 aromatic carbocycles. The van der Waals surface area contributed by atoms with Crippen LogP contribution < -0.4 is 0 Å².